The summed E-state index contributed by atoms with van der Waals surface area (Å²) in [6.07, 6.45) is 4.36. The molecule has 0 saturated carbocycles. The van der Waals surface area contributed by atoms with Crippen molar-refractivity contribution in [2.75, 3.05) is 13.7 Å². The first-order valence-electron chi connectivity index (χ1n) is 9.18. The normalized spacial score (nSPS) is 30.9. The van der Waals surface area contributed by atoms with E-state index in [0.29, 0.717) is 18.1 Å². The van der Waals surface area contributed by atoms with Crippen LogP contribution >= 0.6 is 0 Å². The number of rotatable bonds is 5. The van der Waals surface area contributed by atoms with E-state index in [1.165, 1.54) is 12.8 Å². The van der Waals surface area contributed by atoms with Gasteiger partial charge < -0.3 is 36.8 Å². The highest BCUT2D eigenvalue weighted by Crippen LogP contribution is 2.44. The second-order valence-corrected chi connectivity index (χ2v) is 7.88. The first-order chi connectivity index (χ1) is 11.5. The molecule has 0 aliphatic carbocycles. The number of piperidine rings is 1. The summed E-state index contributed by atoms with van der Waals surface area (Å²) in [7, 11) is 2.37. The molecule has 26 heavy (non-hydrogen) atoms. The van der Waals surface area contributed by atoms with Gasteiger partial charge in [-0.15, -0.1) is 0 Å². The Balaban J connectivity index is 0.00000169. The Hall–Kier alpha value is -0.950. The molecule has 2 fully saturated rings. The van der Waals surface area contributed by atoms with Crippen LogP contribution in [0.4, 0.5) is 0 Å². The zero-order chi connectivity index (χ0) is 17.3. The summed E-state index contributed by atoms with van der Waals surface area (Å²) in [5.41, 5.74) is 0.826. The van der Waals surface area contributed by atoms with Crippen molar-refractivity contribution >= 4 is 5.97 Å². The molecule has 3 N–H and O–H groups in total. The Morgan fingerprint density at radius 1 is 1.19 bits per heavy atom. The number of carbonyl (C=O) groups is 1. The molecule has 2 heterocycles. The summed E-state index contributed by atoms with van der Waals surface area (Å²) in [6, 6.07) is 11.2. The van der Waals surface area contributed by atoms with Gasteiger partial charge in [0.15, 0.2) is 0 Å². The van der Waals surface area contributed by atoms with E-state index in [2.05, 4.69) is 20.9 Å². The number of nitrogens with zero attached hydrogens (tertiary/aromatic N) is 1. The lowest BCUT2D eigenvalue weighted by atomic mass is 9.94. The fourth-order valence-corrected chi connectivity index (χ4v) is 4.82. The first kappa shape index (κ1) is 23.1. The van der Waals surface area contributed by atoms with Crippen molar-refractivity contribution in [1.82, 2.24) is 0 Å². The fourth-order valence-electron chi connectivity index (χ4n) is 4.82. The molecule has 0 spiro atoms. The number of quaternary nitrogens is 1. The number of aliphatic hydroxyl groups is 1. The summed E-state index contributed by atoms with van der Waals surface area (Å²) in [5, 5.41) is 9.65. The predicted molar refractivity (Wildman–Crippen MR) is 97.1 cm³/mol. The SMILES string of the molecule is CC(C)[N+]1(C)[C@H]2CC[C@H]1CC(OC(=O)C(CO)c1ccccc1)C2.O.[Br-]. The Bertz CT molecular complexity index is 566. The molecule has 1 unspecified atom stereocenters. The first-order valence-corrected chi connectivity index (χ1v) is 9.18. The fraction of sp³-hybridized carbons (Fsp3) is 0.650. The smallest absolute Gasteiger partial charge is 0.316 e. The van der Waals surface area contributed by atoms with Gasteiger partial charge in [0.05, 0.1) is 31.8 Å². The van der Waals surface area contributed by atoms with E-state index >= 15 is 0 Å². The van der Waals surface area contributed by atoms with Crippen LogP contribution in [0.3, 0.4) is 0 Å². The molecule has 2 saturated heterocycles. The van der Waals surface area contributed by atoms with Gasteiger partial charge in [0, 0.05) is 25.7 Å². The van der Waals surface area contributed by atoms with E-state index in [-0.39, 0.29) is 41.1 Å². The number of ether oxygens (including phenoxy) is 1. The summed E-state index contributed by atoms with van der Waals surface area (Å²) < 4.78 is 6.96. The minimum atomic E-state index is -0.572. The number of hydrogen-bond donors (Lipinski definition) is 1. The van der Waals surface area contributed by atoms with Crippen LogP contribution in [0.2, 0.25) is 0 Å². The Morgan fingerprint density at radius 2 is 1.73 bits per heavy atom. The van der Waals surface area contributed by atoms with Crippen LogP contribution in [0.5, 0.6) is 0 Å². The summed E-state index contributed by atoms with van der Waals surface area (Å²) in [5.74, 6) is -0.856. The topological polar surface area (TPSA) is 78.0 Å². The number of hydrogen-bond acceptors (Lipinski definition) is 3. The van der Waals surface area contributed by atoms with Crippen LogP contribution in [0.25, 0.3) is 0 Å². The van der Waals surface area contributed by atoms with Crippen molar-refractivity contribution in [2.45, 2.75) is 69.7 Å². The standard InChI is InChI=1S/C20H30NO3.BrH.H2O/c1-14(2)21(3)16-9-10-17(21)12-18(11-16)24-20(23)19(13-22)15-7-5-4-6-8-15;;/h4-8,14,16-19,22H,9-13H2,1-3H3;1H;1H2/q+1;;/p-1/t16-,17-,18?,19?,21?;;/m0../s1. The van der Waals surface area contributed by atoms with E-state index < -0.39 is 5.92 Å². The molecule has 2 aliphatic heterocycles. The van der Waals surface area contributed by atoms with Crippen molar-refractivity contribution in [2.24, 2.45) is 0 Å². The molecule has 6 heteroatoms. The highest BCUT2D eigenvalue weighted by Gasteiger charge is 2.53. The second kappa shape index (κ2) is 9.31. The highest BCUT2D eigenvalue weighted by molar-refractivity contribution is 5.78. The Kier molecular flexibility index (Phi) is 8.27. The van der Waals surface area contributed by atoms with E-state index in [1.807, 2.05) is 30.3 Å². The van der Waals surface area contributed by atoms with Crippen LogP contribution in [0.1, 0.15) is 51.0 Å². The molecule has 0 aromatic heterocycles. The third kappa shape index (κ3) is 4.14. The van der Waals surface area contributed by atoms with Gasteiger partial charge in [-0.2, -0.15) is 0 Å². The monoisotopic (exact) mass is 429 g/mol. The van der Waals surface area contributed by atoms with Gasteiger partial charge in [-0.25, -0.2) is 0 Å². The summed E-state index contributed by atoms with van der Waals surface area (Å²) in [4.78, 5) is 12.6. The molecule has 148 valence electrons. The summed E-state index contributed by atoms with van der Waals surface area (Å²) >= 11 is 0. The zero-order valence-corrected chi connectivity index (χ0v) is 17.5. The maximum absolute atomic E-state index is 12.6. The molecule has 0 radical (unpaired) electrons. The molecule has 3 atom stereocenters. The number of carbonyl (C=O) groups excluding carboxylic acids is 1. The minimum absolute atomic E-state index is 0. The number of aliphatic hydroxyl groups excluding tert-OH is 1. The molecule has 5 nitrogen and oxygen atoms in total. The number of fused-ring (bicyclic) bond motifs is 2. The Morgan fingerprint density at radius 3 is 2.19 bits per heavy atom. The summed E-state index contributed by atoms with van der Waals surface area (Å²) in [6.45, 7) is 4.39. The quantitative estimate of drug-likeness (QED) is 0.483. The van der Waals surface area contributed by atoms with Gasteiger partial charge in [-0.3, -0.25) is 4.79 Å². The third-order valence-corrected chi connectivity index (χ3v) is 6.54. The van der Waals surface area contributed by atoms with Gasteiger partial charge in [0.2, 0.25) is 0 Å². The van der Waals surface area contributed by atoms with Gasteiger partial charge in [0.25, 0.3) is 0 Å². The molecule has 2 bridgehead atoms. The van der Waals surface area contributed by atoms with Crippen molar-refractivity contribution in [3.63, 3.8) is 0 Å². The van der Waals surface area contributed by atoms with Crippen LogP contribution in [-0.2, 0) is 9.53 Å². The lowest BCUT2D eigenvalue weighted by molar-refractivity contribution is -0.968. The van der Waals surface area contributed by atoms with Crippen LogP contribution in [0.15, 0.2) is 30.3 Å². The maximum Gasteiger partial charge on any atom is 0.316 e. The molecule has 1 aromatic rings. The highest BCUT2D eigenvalue weighted by atomic mass is 79.9. The van der Waals surface area contributed by atoms with Crippen molar-refractivity contribution in [3.05, 3.63) is 35.9 Å². The molecular weight excluding hydrogens is 398 g/mol. The molecule has 3 rings (SSSR count). The Labute approximate surface area is 167 Å². The van der Waals surface area contributed by atoms with Gasteiger partial charge in [0.1, 0.15) is 12.0 Å². The largest absolute Gasteiger partial charge is 1.00 e. The van der Waals surface area contributed by atoms with E-state index in [9.17, 15) is 9.90 Å². The van der Waals surface area contributed by atoms with Gasteiger partial charge in [-0.1, -0.05) is 30.3 Å². The minimum Gasteiger partial charge on any atom is -1.00 e. The molecule has 1 aromatic carbocycles. The van der Waals surface area contributed by atoms with Crippen molar-refractivity contribution in [1.29, 1.82) is 0 Å². The molecule has 0 amide bonds. The van der Waals surface area contributed by atoms with Crippen LogP contribution in [0, 0.1) is 0 Å². The van der Waals surface area contributed by atoms with E-state index in [0.717, 1.165) is 22.9 Å². The second-order valence-electron chi connectivity index (χ2n) is 7.88. The van der Waals surface area contributed by atoms with E-state index in [4.69, 9.17) is 4.74 Å². The molecule has 2 aliphatic rings. The average molecular weight is 430 g/mol. The van der Waals surface area contributed by atoms with Crippen LogP contribution < -0.4 is 17.0 Å². The van der Waals surface area contributed by atoms with E-state index in [1.54, 1.807) is 0 Å². The zero-order valence-electron chi connectivity index (χ0n) is 15.9. The number of benzene rings is 1. The van der Waals surface area contributed by atoms with Crippen LogP contribution in [-0.4, -0.2) is 58.9 Å². The van der Waals surface area contributed by atoms with Crippen molar-refractivity contribution in [3.8, 4) is 0 Å². The average Bonchev–Trinajstić information content (AvgIpc) is 2.74. The third-order valence-electron chi connectivity index (χ3n) is 6.54. The predicted octanol–water partition coefficient (Wildman–Crippen LogP) is -0.967. The maximum atomic E-state index is 12.6. The van der Waals surface area contributed by atoms with Gasteiger partial charge >= 0.3 is 5.97 Å². The lowest BCUT2D eigenvalue weighted by Crippen LogP contribution is -3.00. The lowest BCUT2D eigenvalue weighted by Gasteiger charge is -2.49. The number of esters is 1. The van der Waals surface area contributed by atoms with Crippen molar-refractivity contribution < 1.29 is 41.6 Å². The van der Waals surface area contributed by atoms with Gasteiger partial charge in [-0.05, 0) is 19.4 Å². The molecular formula is C20H32BrNO4. The number of halogens is 1.